The number of amides is 3. The van der Waals surface area contributed by atoms with E-state index in [9.17, 15) is 14.4 Å². The maximum Gasteiger partial charge on any atom is 0.261 e. The number of nitrogens with zero attached hydrogens (tertiary/aromatic N) is 2. The van der Waals surface area contributed by atoms with Gasteiger partial charge in [-0.2, -0.15) is 0 Å². The lowest BCUT2D eigenvalue weighted by molar-refractivity contribution is -0.139. The van der Waals surface area contributed by atoms with Gasteiger partial charge in [0.15, 0.2) is 0 Å². The summed E-state index contributed by atoms with van der Waals surface area (Å²) in [6.45, 7) is 4.93. The molecule has 0 unspecified atom stereocenters. The number of likely N-dealkylation sites (N-methyl/N-ethyl adjacent to an activating group) is 1. The van der Waals surface area contributed by atoms with E-state index in [2.05, 4.69) is 0 Å². The summed E-state index contributed by atoms with van der Waals surface area (Å²) in [6, 6.07) is 7.95. The fourth-order valence-electron chi connectivity index (χ4n) is 2.64. The molecule has 1 saturated heterocycles. The minimum absolute atomic E-state index is 0.143. The van der Waals surface area contributed by atoms with Crippen molar-refractivity contribution in [3.05, 3.63) is 35.9 Å². The number of carbonyl (C=O) groups is 3. The predicted molar refractivity (Wildman–Crippen MR) is 78.6 cm³/mol. The van der Waals surface area contributed by atoms with Gasteiger partial charge in [-0.15, -0.1) is 0 Å². The van der Waals surface area contributed by atoms with Gasteiger partial charge in [-0.25, -0.2) is 0 Å². The fourth-order valence-corrected chi connectivity index (χ4v) is 2.64. The zero-order valence-corrected chi connectivity index (χ0v) is 12.4. The van der Waals surface area contributed by atoms with Crippen LogP contribution >= 0.6 is 0 Å². The van der Waals surface area contributed by atoms with Gasteiger partial charge in [-0.1, -0.05) is 18.2 Å². The third kappa shape index (κ3) is 2.96. The molecule has 5 heteroatoms. The van der Waals surface area contributed by atoms with Crippen molar-refractivity contribution in [2.24, 2.45) is 0 Å². The Morgan fingerprint density at radius 1 is 1.19 bits per heavy atom. The molecule has 1 aliphatic rings. The molecule has 1 atom stereocenters. The molecule has 0 radical (unpaired) electrons. The van der Waals surface area contributed by atoms with Crippen molar-refractivity contribution in [1.82, 2.24) is 9.80 Å². The number of imide groups is 1. The number of hydrogen-bond acceptors (Lipinski definition) is 3. The summed E-state index contributed by atoms with van der Waals surface area (Å²) < 4.78 is 0. The van der Waals surface area contributed by atoms with Crippen LogP contribution < -0.4 is 0 Å². The van der Waals surface area contributed by atoms with Gasteiger partial charge in [0, 0.05) is 25.1 Å². The third-order valence-corrected chi connectivity index (χ3v) is 3.81. The largest absolute Gasteiger partial charge is 0.341 e. The molecule has 21 heavy (non-hydrogen) atoms. The van der Waals surface area contributed by atoms with E-state index < -0.39 is 6.04 Å². The number of likely N-dealkylation sites (tertiary alicyclic amines) is 1. The van der Waals surface area contributed by atoms with Crippen molar-refractivity contribution in [2.75, 3.05) is 13.1 Å². The zero-order chi connectivity index (χ0) is 15.4. The number of hydrogen-bond donors (Lipinski definition) is 0. The number of rotatable bonds is 4. The highest BCUT2D eigenvalue weighted by Gasteiger charge is 2.41. The van der Waals surface area contributed by atoms with E-state index in [4.69, 9.17) is 0 Å². The molecule has 1 fully saturated rings. The van der Waals surface area contributed by atoms with Gasteiger partial charge < -0.3 is 4.90 Å². The second-order valence-electron chi connectivity index (χ2n) is 5.00. The van der Waals surface area contributed by atoms with Gasteiger partial charge in [0.25, 0.3) is 5.91 Å². The Bertz CT molecular complexity index is 538. The molecule has 0 aliphatic carbocycles. The minimum atomic E-state index is -0.662. The van der Waals surface area contributed by atoms with Crippen LogP contribution in [0.1, 0.15) is 37.0 Å². The summed E-state index contributed by atoms with van der Waals surface area (Å²) in [7, 11) is 0. The molecule has 1 heterocycles. The first-order chi connectivity index (χ1) is 10.1. The van der Waals surface area contributed by atoms with Crippen LogP contribution in [0.5, 0.6) is 0 Å². The molecule has 1 aromatic rings. The summed E-state index contributed by atoms with van der Waals surface area (Å²) in [5.41, 5.74) is 0.435. The van der Waals surface area contributed by atoms with Gasteiger partial charge in [-0.05, 0) is 32.4 Å². The molecule has 0 bridgehead atoms. The Labute approximate surface area is 124 Å². The van der Waals surface area contributed by atoms with Crippen molar-refractivity contribution in [3.63, 3.8) is 0 Å². The normalized spacial score (nSPS) is 17.9. The van der Waals surface area contributed by atoms with Crippen molar-refractivity contribution < 1.29 is 14.4 Å². The van der Waals surface area contributed by atoms with Crippen LogP contribution in [0.4, 0.5) is 0 Å². The van der Waals surface area contributed by atoms with Crippen molar-refractivity contribution >= 4 is 17.7 Å². The first-order valence-electron chi connectivity index (χ1n) is 7.30. The summed E-state index contributed by atoms with van der Waals surface area (Å²) >= 11 is 0. The van der Waals surface area contributed by atoms with Crippen LogP contribution in [0.2, 0.25) is 0 Å². The molecule has 1 aliphatic heterocycles. The standard InChI is InChI=1S/C16H20N2O3/c1-3-17(4-2)16(21)13-10-11-14(19)18(13)15(20)12-8-6-5-7-9-12/h5-9,13H,3-4,10-11H2,1-2H3/t13-/m1/s1. The second kappa shape index (κ2) is 6.52. The van der Waals surface area contributed by atoms with Crippen LogP contribution in [0, 0.1) is 0 Å². The third-order valence-electron chi connectivity index (χ3n) is 3.81. The molecule has 0 spiro atoms. The molecule has 3 amide bonds. The Hall–Kier alpha value is -2.17. The smallest absolute Gasteiger partial charge is 0.261 e. The summed E-state index contributed by atoms with van der Waals surface area (Å²) in [5.74, 6) is -0.798. The van der Waals surface area contributed by atoms with Crippen LogP contribution in [0.3, 0.4) is 0 Å². The predicted octanol–water partition coefficient (Wildman–Crippen LogP) is 1.69. The van der Waals surface area contributed by atoms with Crippen molar-refractivity contribution in [1.29, 1.82) is 0 Å². The number of benzene rings is 1. The quantitative estimate of drug-likeness (QED) is 0.792. The maximum atomic E-state index is 12.5. The van der Waals surface area contributed by atoms with Gasteiger partial charge in [-0.3, -0.25) is 19.3 Å². The maximum absolute atomic E-state index is 12.5. The van der Waals surface area contributed by atoms with Gasteiger partial charge in [0.2, 0.25) is 11.8 Å². The first kappa shape index (κ1) is 15.2. The van der Waals surface area contributed by atoms with Crippen molar-refractivity contribution in [3.8, 4) is 0 Å². The minimum Gasteiger partial charge on any atom is -0.341 e. The monoisotopic (exact) mass is 288 g/mol. The van der Waals surface area contributed by atoms with Crippen molar-refractivity contribution in [2.45, 2.75) is 32.7 Å². The van der Waals surface area contributed by atoms with E-state index in [-0.39, 0.29) is 24.1 Å². The topological polar surface area (TPSA) is 57.7 Å². The molecular weight excluding hydrogens is 268 g/mol. The van der Waals surface area contributed by atoms with E-state index in [0.29, 0.717) is 25.1 Å². The lowest BCUT2D eigenvalue weighted by Gasteiger charge is -2.27. The van der Waals surface area contributed by atoms with Gasteiger partial charge in [0.05, 0.1) is 0 Å². The lowest BCUT2D eigenvalue weighted by Crippen LogP contribution is -2.49. The van der Waals surface area contributed by atoms with Crippen LogP contribution in [0.25, 0.3) is 0 Å². The van der Waals surface area contributed by atoms with E-state index >= 15 is 0 Å². The SMILES string of the molecule is CCN(CC)C(=O)[C@H]1CCC(=O)N1C(=O)c1ccccc1. The average molecular weight is 288 g/mol. The Morgan fingerprint density at radius 3 is 2.38 bits per heavy atom. The van der Waals surface area contributed by atoms with Gasteiger partial charge in [0.1, 0.15) is 6.04 Å². The highest BCUT2D eigenvalue weighted by atomic mass is 16.2. The molecule has 1 aromatic carbocycles. The van der Waals surface area contributed by atoms with E-state index in [1.807, 2.05) is 13.8 Å². The molecule has 0 aromatic heterocycles. The second-order valence-corrected chi connectivity index (χ2v) is 5.00. The number of carbonyl (C=O) groups excluding carboxylic acids is 3. The lowest BCUT2D eigenvalue weighted by atomic mass is 10.1. The molecule has 5 nitrogen and oxygen atoms in total. The molecule has 112 valence electrons. The molecular formula is C16H20N2O3. The Kier molecular flexibility index (Phi) is 4.73. The van der Waals surface area contributed by atoms with Crippen LogP contribution in [-0.2, 0) is 9.59 Å². The molecule has 2 rings (SSSR count). The van der Waals surface area contributed by atoms with Gasteiger partial charge >= 0.3 is 0 Å². The Morgan fingerprint density at radius 2 is 1.81 bits per heavy atom. The van der Waals surface area contributed by atoms with Crippen LogP contribution in [-0.4, -0.2) is 46.7 Å². The van der Waals surface area contributed by atoms with E-state index in [1.165, 1.54) is 0 Å². The summed E-state index contributed by atoms with van der Waals surface area (Å²) in [6.07, 6.45) is 0.656. The fraction of sp³-hybridized carbons (Fsp3) is 0.438. The highest BCUT2D eigenvalue weighted by Crippen LogP contribution is 2.23. The van der Waals surface area contributed by atoms with E-state index in [0.717, 1.165) is 4.90 Å². The molecule has 0 N–H and O–H groups in total. The van der Waals surface area contributed by atoms with Crippen LogP contribution in [0.15, 0.2) is 30.3 Å². The zero-order valence-electron chi connectivity index (χ0n) is 12.4. The first-order valence-corrected chi connectivity index (χ1v) is 7.30. The summed E-state index contributed by atoms with van der Waals surface area (Å²) in [5, 5.41) is 0. The average Bonchev–Trinajstić information content (AvgIpc) is 2.90. The summed E-state index contributed by atoms with van der Waals surface area (Å²) in [4.78, 5) is 39.8. The molecule has 0 saturated carbocycles. The van der Waals surface area contributed by atoms with E-state index in [1.54, 1.807) is 35.2 Å². The Balaban J connectivity index is 2.25. The highest BCUT2D eigenvalue weighted by molar-refractivity contribution is 6.09.